The van der Waals surface area contributed by atoms with Gasteiger partial charge in [0.15, 0.2) is 0 Å². The van der Waals surface area contributed by atoms with E-state index in [9.17, 15) is 4.39 Å². The van der Waals surface area contributed by atoms with Gasteiger partial charge in [0.2, 0.25) is 0 Å². The highest BCUT2D eigenvalue weighted by Crippen LogP contribution is 2.34. The molecular weight excluding hydrogens is 253 g/mol. The molecule has 0 atom stereocenters. The fourth-order valence-electron chi connectivity index (χ4n) is 2.60. The second-order valence-corrected chi connectivity index (χ2v) is 4.96. The molecule has 2 aromatic rings. The maximum atomic E-state index is 13.4. The highest BCUT2D eigenvalue weighted by Gasteiger charge is 2.21. The van der Waals surface area contributed by atoms with Gasteiger partial charge in [-0.3, -0.25) is 4.98 Å². The van der Waals surface area contributed by atoms with Crippen LogP contribution in [0.5, 0.6) is 0 Å². The van der Waals surface area contributed by atoms with Crippen LogP contribution in [0.2, 0.25) is 0 Å². The maximum Gasteiger partial charge on any atom is 0.125 e. The number of nitrogens with zero attached hydrogens (tertiary/aromatic N) is 2. The Morgan fingerprint density at radius 1 is 1.30 bits per heavy atom. The van der Waals surface area contributed by atoms with Crippen LogP contribution in [0, 0.1) is 5.82 Å². The Kier molecular flexibility index (Phi) is 3.65. The number of hydrogen-bond donors (Lipinski definition) is 1. The number of rotatable bonds is 4. The van der Waals surface area contributed by atoms with Crippen molar-refractivity contribution in [2.24, 2.45) is 0 Å². The average Bonchev–Trinajstić information content (AvgIpc) is 2.88. The molecule has 1 aliphatic heterocycles. The highest BCUT2D eigenvalue weighted by atomic mass is 19.1. The Balaban J connectivity index is 1.90. The van der Waals surface area contributed by atoms with Gasteiger partial charge in [0.05, 0.1) is 5.69 Å². The summed E-state index contributed by atoms with van der Waals surface area (Å²) in [5.74, 6) is -0.183. The smallest absolute Gasteiger partial charge is 0.125 e. The van der Waals surface area contributed by atoms with E-state index in [1.807, 2.05) is 18.3 Å². The van der Waals surface area contributed by atoms with E-state index in [1.54, 1.807) is 6.07 Å². The first kappa shape index (κ1) is 13.1. The van der Waals surface area contributed by atoms with Crippen molar-refractivity contribution in [2.45, 2.75) is 19.9 Å². The molecule has 2 heterocycles. The lowest BCUT2D eigenvalue weighted by atomic mass is 10.1. The maximum absolute atomic E-state index is 13.4. The molecule has 0 aliphatic carbocycles. The minimum Gasteiger partial charge on any atom is -0.341 e. The molecule has 1 aromatic heterocycles. The van der Waals surface area contributed by atoms with Gasteiger partial charge in [-0.15, -0.1) is 0 Å². The molecule has 3 rings (SSSR count). The number of pyridine rings is 1. The fourth-order valence-corrected chi connectivity index (χ4v) is 2.60. The quantitative estimate of drug-likeness (QED) is 0.926. The lowest BCUT2D eigenvalue weighted by Crippen LogP contribution is -2.16. The summed E-state index contributed by atoms with van der Waals surface area (Å²) in [7, 11) is 0. The lowest BCUT2D eigenvalue weighted by Gasteiger charge is -2.20. The normalized spacial score (nSPS) is 13.6. The number of halogens is 1. The van der Waals surface area contributed by atoms with Gasteiger partial charge in [0.25, 0.3) is 0 Å². The van der Waals surface area contributed by atoms with Crippen molar-refractivity contribution in [1.82, 2.24) is 10.3 Å². The fraction of sp³-hybridized carbons (Fsp3) is 0.312. The van der Waals surface area contributed by atoms with Crippen LogP contribution < -0.4 is 10.2 Å². The molecule has 0 unspecified atom stereocenters. The molecule has 1 aliphatic rings. The third kappa shape index (κ3) is 2.51. The Hall–Kier alpha value is -1.94. The largest absolute Gasteiger partial charge is 0.341 e. The summed E-state index contributed by atoms with van der Waals surface area (Å²) in [4.78, 5) is 6.52. The SMILES string of the molecule is CCNCc1cc(N2CCc3ccc(F)cc32)ccn1. The van der Waals surface area contributed by atoms with Crippen molar-refractivity contribution in [3.8, 4) is 0 Å². The first-order valence-electron chi connectivity index (χ1n) is 6.99. The first-order valence-corrected chi connectivity index (χ1v) is 6.99. The van der Waals surface area contributed by atoms with Crippen LogP contribution >= 0.6 is 0 Å². The molecule has 0 spiro atoms. The average molecular weight is 271 g/mol. The molecule has 4 heteroatoms. The van der Waals surface area contributed by atoms with E-state index < -0.39 is 0 Å². The minimum atomic E-state index is -0.183. The van der Waals surface area contributed by atoms with Crippen LogP contribution in [-0.4, -0.2) is 18.1 Å². The molecule has 104 valence electrons. The topological polar surface area (TPSA) is 28.2 Å². The molecule has 0 fully saturated rings. The summed E-state index contributed by atoms with van der Waals surface area (Å²) < 4.78 is 13.4. The van der Waals surface area contributed by atoms with Crippen molar-refractivity contribution in [3.63, 3.8) is 0 Å². The molecule has 0 saturated carbocycles. The minimum absolute atomic E-state index is 0.183. The Bertz CT molecular complexity index is 612. The number of nitrogens with one attached hydrogen (secondary N) is 1. The van der Waals surface area contributed by atoms with Gasteiger partial charge in [0, 0.05) is 30.7 Å². The predicted octanol–water partition coefficient (Wildman–Crippen LogP) is 3.02. The zero-order valence-electron chi connectivity index (χ0n) is 11.6. The highest BCUT2D eigenvalue weighted by molar-refractivity contribution is 5.69. The molecule has 20 heavy (non-hydrogen) atoms. The second kappa shape index (κ2) is 5.59. The van der Waals surface area contributed by atoms with Crippen LogP contribution in [0.15, 0.2) is 36.5 Å². The van der Waals surface area contributed by atoms with Gasteiger partial charge in [0.1, 0.15) is 5.82 Å². The molecule has 0 amide bonds. The van der Waals surface area contributed by atoms with E-state index in [0.29, 0.717) is 0 Å². The zero-order valence-corrected chi connectivity index (χ0v) is 11.6. The third-order valence-corrected chi connectivity index (χ3v) is 3.61. The van der Waals surface area contributed by atoms with Gasteiger partial charge in [-0.1, -0.05) is 13.0 Å². The molecular formula is C16H18FN3. The zero-order chi connectivity index (χ0) is 13.9. The number of hydrogen-bond acceptors (Lipinski definition) is 3. The molecule has 1 aromatic carbocycles. The Morgan fingerprint density at radius 3 is 3.05 bits per heavy atom. The standard InChI is InChI=1S/C16H18FN3/c1-2-18-11-14-10-15(5-7-19-14)20-8-6-12-3-4-13(17)9-16(12)20/h3-5,7,9-10,18H,2,6,8,11H2,1H3. The molecule has 1 N–H and O–H groups in total. The van der Waals surface area contributed by atoms with Crippen LogP contribution in [-0.2, 0) is 13.0 Å². The van der Waals surface area contributed by atoms with Crippen molar-refractivity contribution in [1.29, 1.82) is 0 Å². The lowest BCUT2D eigenvalue weighted by molar-refractivity contribution is 0.628. The monoisotopic (exact) mass is 271 g/mol. The first-order chi connectivity index (χ1) is 9.78. The molecule has 0 bridgehead atoms. The summed E-state index contributed by atoms with van der Waals surface area (Å²) in [5.41, 5.74) is 4.27. The van der Waals surface area contributed by atoms with Gasteiger partial charge >= 0.3 is 0 Å². The van der Waals surface area contributed by atoms with Crippen LogP contribution in [0.25, 0.3) is 0 Å². The van der Waals surface area contributed by atoms with Crippen molar-refractivity contribution < 1.29 is 4.39 Å². The van der Waals surface area contributed by atoms with Crippen LogP contribution in [0.4, 0.5) is 15.8 Å². The van der Waals surface area contributed by atoms with E-state index in [-0.39, 0.29) is 5.82 Å². The van der Waals surface area contributed by atoms with Crippen molar-refractivity contribution in [2.75, 3.05) is 18.0 Å². The predicted molar refractivity (Wildman–Crippen MR) is 78.7 cm³/mol. The number of aromatic nitrogens is 1. The van der Waals surface area contributed by atoms with E-state index in [4.69, 9.17) is 0 Å². The van der Waals surface area contributed by atoms with Crippen LogP contribution in [0.3, 0.4) is 0 Å². The molecule has 0 radical (unpaired) electrons. The van der Waals surface area contributed by atoms with Crippen molar-refractivity contribution in [3.05, 3.63) is 53.6 Å². The summed E-state index contributed by atoms with van der Waals surface area (Å²) in [6, 6.07) is 9.09. The number of anilines is 2. The van der Waals surface area contributed by atoms with Gasteiger partial charge in [-0.25, -0.2) is 4.39 Å². The van der Waals surface area contributed by atoms with Gasteiger partial charge < -0.3 is 10.2 Å². The summed E-state index contributed by atoms with van der Waals surface area (Å²) in [5, 5.41) is 3.27. The van der Waals surface area contributed by atoms with E-state index in [0.717, 1.165) is 43.1 Å². The van der Waals surface area contributed by atoms with E-state index >= 15 is 0 Å². The Labute approximate surface area is 118 Å². The second-order valence-electron chi connectivity index (χ2n) is 4.96. The van der Waals surface area contributed by atoms with Crippen molar-refractivity contribution >= 4 is 11.4 Å². The van der Waals surface area contributed by atoms with E-state index in [2.05, 4.69) is 28.2 Å². The summed E-state index contributed by atoms with van der Waals surface area (Å²) in [6.45, 7) is 4.64. The third-order valence-electron chi connectivity index (χ3n) is 3.61. The summed E-state index contributed by atoms with van der Waals surface area (Å²) in [6.07, 6.45) is 2.78. The van der Waals surface area contributed by atoms with E-state index in [1.165, 1.54) is 11.6 Å². The number of fused-ring (bicyclic) bond motifs is 1. The summed E-state index contributed by atoms with van der Waals surface area (Å²) >= 11 is 0. The number of benzene rings is 1. The molecule has 3 nitrogen and oxygen atoms in total. The van der Waals surface area contributed by atoms with Crippen LogP contribution in [0.1, 0.15) is 18.2 Å². The van der Waals surface area contributed by atoms with Gasteiger partial charge in [-0.05, 0) is 42.8 Å². The molecule has 0 saturated heterocycles. The van der Waals surface area contributed by atoms with Gasteiger partial charge in [-0.2, -0.15) is 0 Å². The Morgan fingerprint density at radius 2 is 2.20 bits per heavy atom.